The van der Waals surface area contributed by atoms with Crippen molar-refractivity contribution in [3.8, 4) is 0 Å². The van der Waals surface area contributed by atoms with Gasteiger partial charge in [-0.1, -0.05) is 187 Å². The molecule has 234 valence electrons. The number of rotatable bonds is 32. The normalized spacial score (nSPS) is 12.7. The fraction of sp³-hybridized carbons (Fsp3) is 0.941. The fourth-order valence-electron chi connectivity index (χ4n) is 5.40. The minimum Gasteiger partial charge on any atom is -0.726 e. The topological polar surface area (TPSA) is 66.4 Å². The number of unbranched alkanes of at least 4 members (excludes halogenated alkanes) is 25. The van der Waals surface area contributed by atoms with Crippen molar-refractivity contribution in [3.63, 3.8) is 0 Å². The zero-order chi connectivity index (χ0) is 28.7. The Labute approximate surface area is 294 Å². The maximum Gasteiger partial charge on any atom is 1.00 e. The predicted octanol–water partition coefficient (Wildman–Crippen LogP) is 8.60. The first kappa shape index (κ1) is 43.4. The number of hydrogen-bond acceptors (Lipinski definition) is 4. The van der Waals surface area contributed by atoms with Crippen molar-refractivity contribution in [2.24, 2.45) is 5.92 Å². The Bertz CT molecular complexity index is 609. The maximum absolute atomic E-state index is 10.9. The molecule has 0 saturated heterocycles. The Kier molecular flexibility index (Phi) is 37.7. The van der Waals surface area contributed by atoms with Crippen molar-refractivity contribution in [3.05, 3.63) is 12.2 Å². The summed E-state index contributed by atoms with van der Waals surface area (Å²) in [6.07, 6.45) is 40.9. The van der Waals surface area contributed by atoms with Crippen LogP contribution in [-0.2, 0) is 14.6 Å². The summed E-state index contributed by atoms with van der Waals surface area (Å²) in [6.45, 7) is 4.52. The van der Waals surface area contributed by atoms with E-state index >= 15 is 0 Å². The van der Waals surface area contributed by atoms with Gasteiger partial charge in [0.1, 0.15) is 0 Å². The van der Waals surface area contributed by atoms with Gasteiger partial charge < -0.3 is 4.55 Å². The Morgan fingerprint density at radius 3 is 1.23 bits per heavy atom. The second kappa shape index (κ2) is 34.7. The molecular weight excluding hydrogens is 544 g/mol. The van der Waals surface area contributed by atoms with Crippen LogP contribution < -0.4 is 51.4 Å². The van der Waals surface area contributed by atoms with Crippen LogP contribution in [0.3, 0.4) is 0 Å². The summed E-state index contributed by atoms with van der Waals surface area (Å²) in [4.78, 5) is 0. The third-order valence-corrected chi connectivity index (χ3v) is 8.41. The summed E-state index contributed by atoms with van der Waals surface area (Å²) in [7, 11) is -4.62. The third-order valence-electron chi connectivity index (χ3n) is 7.99. The van der Waals surface area contributed by atoms with E-state index in [0.29, 0.717) is 0 Å². The molecule has 0 aliphatic carbocycles. The summed E-state index contributed by atoms with van der Waals surface area (Å²) in [5.41, 5.74) is 0. The third kappa shape index (κ3) is 37.3. The van der Waals surface area contributed by atoms with Gasteiger partial charge in [-0.25, -0.2) is 8.42 Å². The van der Waals surface area contributed by atoms with Gasteiger partial charge in [0.2, 0.25) is 10.4 Å². The summed E-state index contributed by atoms with van der Waals surface area (Å²) >= 11 is 0. The summed E-state index contributed by atoms with van der Waals surface area (Å²) in [5, 5.41) is 0. The monoisotopic (exact) mass is 610 g/mol. The van der Waals surface area contributed by atoms with Crippen LogP contribution >= 0.6 is 0 Å². The Balaban J connectivity index is 0. The first-order valence-electron chi connectivity index (χ1n) is 17.3. The van der Waals surface area contributed by atoms with Crippen molar-refractivity contribution in [1.29, 1.82) is 0 Å². The molecule has 0 bridgehead atoms. The molecule has 0 heterocycles. The quantitative estimate of drug-likeness (QED) is 0.0251. The van der Waals surface area contributed by atoms with E-state index in [1.54, 1.807) is 0 Å². The predicted molar refractivity (Wildman–Crippen MR) is 169 cm³/mol. The Morgan fingerprint density at radius 1 is 0.550 bits per heavy atom. The van der Waals surface area contributed by atoms with Gasteiger partial charge in [0.25, 0.3) is 0 Å². The second-order valence-electron chi connectivity index (χ2n) is 11.9. The minimum atomic E-state index is -4.62. The van der Waals surface area contributed by atoms with E-state index in [4.69, 9.17) is 0 Å². The van der Waals surface area contributed by atoms with Crippen LogP contribution in [0, 0.1) is 5.92 Å². The molecule has 6 heteroatoms. The van der Waals surface area contributed by atoms with Gasteiger partial charge in [-0.15, -0.1) is 0 Å². The number of hydrogen-bond donors (Lipinski definition) is 0. The van der Waals surface area contributed by atoms with Gasteiger partial charge in [-0.05, 0) is 19.3 Å². The zero-order valence-electron chi connectivity index (χ0n) is 27.3. The van der Waals surface area contributed by atoms with Gasteiger partial charge in [0, 0.05) is 5.92 Å². The van der Waals surface area contributed by atoms with Gasteiger partial charge >= 0.3 is 51.4 Å². The Morgan fingerprint density at radius 2 is 0.875 bits per heavy atom. The van der Waals surface area contributed by atoms with Gasteiger partial charge in [-0.3, -0.25) is 4.18 Å². The summed E-state index contributed by atoms with van der Waals surface area (Å²) in [5.74, 6) is 0.0170. The molecule has 0 aromatic carbocycles. The molecule has 0 aromatic rings. The van der Waals surface area contributed by atoms with Crippen LogP contribution in [0.1, 0.15) is 194 Å². The molecule has 0 saturated carbocycles. The van der Waals surface area contributed by atoms with Crippen LogP contribution in [0.2, 0.25) is 0 Å². The van der Waals surface area contributed by atoms with E-state index in [-0.39, 0.29) is 63.9 Å². The molecule has 1 unspecified atom stereocenters. The fourth-order valence-corrected chi connectivity index (χ4v) is 5.74. The van der Waals surface area contributed by atoms with E-state index in [1.807, 2.05) is 0 Å². The Hall–Kier alpha value is 1.25. The average Bonchev–Trinajstić information content (AvgIpc) is 2.91. The van der Waals surface area contributed by atoms with Crippen LogP contribution in [0.4, 0.5) is 0 Å². The molecule has 40 heavy (non-hydrogen) atoms. The zero-order valence-corrected chi connectivity index (χ0v) is 31.2. The van der Waals surface area contributed by atoms with E-state index in [0.717, 1.165) is 19.3 Å². The van der Waals surface area contributed by atoms with Crippen molar-refractivity contribution >= 4 is 10.4 Å². The average molecular weight is 611 g/mol. The minimum absolute atomic E-state index is 0. The van der Waals surface area contributed by atoms with Crippen LogP contribution in [-0.4, -0.2) is 19.6 Å². The SMILES string of the molecule is CCCCCCCCCCCCC/C=C/C(CCCCCCCCCCCCCCCCC)COS(=O)(=O)[O-].[K+]. The molecule has 1 atom stereocenters. The van der Waals surface area contributed by atoms with Crippen molar-refractivity contribution < 1.29 is 68.5 Å². The van der Waals surface area contributed by atoms with E-state index in [1.165, 1.54) is 161 Å². The maximum atomic E-state index is 10.9. The van der Waals surface area contributed by atoms with Crippen molar-refractivity contribution in [1.82, 2.24) is 0 Å². The molecule has 4 nitrogen and oxygen atoms in total. The smallest absolute Gasteiger partial charge is 0.726 e. The molecule has 0 N–H and O–H groups in total. The molecule has 0 amide bonds. The van der Waals surface area contributed by atoms with Crippen LogP contribution in [0.5, 0.6) is 0 Å². The molecule has 0 spiro atoms. The largest absolute Gasteiger partial charge is 1.00 e. The standard InChI is InChI=1S/C34H68O4S.K/c1-3-5-7-9-11-13-15-17-18-20-22-24-26-28-30-32-34(33-38-39(35,36)37)31-29-27-25-23-21-19-16-14-12-10-8-6-4-2;/h29,31,34H,3-28,30,32-33H2,1-2H3,(H,35,36,37);/q;+1/p-1/b31-29+;. The molecule has 0 aliphatic heterocycles. The van der Waals surface area contributed by atoms with E-state index in [2.05, 4.69) is 30.2 Å². The van der Waals surface area contributed by atoms with Gasteiger partial charge in [-0.2, -0.15) is 0 Å². The summed E-state index contributed by atoms with van der Waals surface area (Å²) < 4.78 is 37.4. The van der Waals surface area contributed by atoms with Crippen molar-refractivity contribution in [2.75, 3.05) is 6.61 Å². The second-order valence-corrected chi connectivity index (χ2v) is 13.0. The first-order valence-corrected chi connectivity index (χ1v) is 18.6. The van der Waals surface area contributed by atoms with Crippen LogP contribution in [0.15, 0.2) is 12.2 Å². The molecule has 0 fully saturated rings. The van der Waals surface area contributed by atoms with E-state index < -0.39 is 10.4 Å². The number of allylic oxidation sites excluding steroid dienone is 1. The van der Waals surface area contributed by atoms with Crippen LogP contribution in [0.25, 0.3) is 0 Å². The molecule has 0 aromatic heterocycles. The molecule has 0 aliphatic rings. The first-order chi connectivity index (χ1) is 19.0. The van der Waals surface area contributed by atoms with E-state index in [9.17, 15) is 13.0 Å². The molecule has 0 radical (unpaired) electrons. The molecule has 0 rings (SSSR count). The van der Waals surface area contributed by atoms with Gasteiger partial charge in [0.15, 0.2) is 0 Å². The van der Waals surface area contributed by atoms with Gasteiger partial charge in [0.05, 0.1) is 6.61 Å². The molecular formula is C34H67KO4S. The summed E-state index contributed by atoms with van der Waals surface area (Å²) in [6, 6.07) is 0. The van der Waals surface area contributed by atoms with Crippen molar-refractivity contribution in [2.45, 2.75) is 194 Å².